The van der Waals surface area contributed by atoms with Crippen LogP contribution in [0.2, 0.25) is 0 Å². The predicted octanol–water partition coefficient (Wildman–Crippen LogP) is 2.08. The summed E-state index contributed by atoms with van der Waals surface area (Å²) in [6, 6.07) is 0.319. The largest absolute Gasteiger partial charge is 0.338 e. The fourth-order valence-corrected chi connectivity index (χ4v) is 0.989. The van der Waals surface area contributed by atoms with Crippen molar-refractivity contribution in [3.63, 3.8) is 0 Å². The number of carbonyl (C=O) groups is 1. The van der Waals surface area contributed by atoms with Crippen LogP contribution in [0.25, 0.3) is 0 Å². The molecule has 0 aliphatic carbocycles. The monoisotopic (exact) mass is 186 g/mol. The van der Waals surface area contributed by atoms with Gasteiger partial charge >= 0.3 is 6.03 Å². The molecule has 0 heterocycles. The Morgan fingerprint density at radius 3 is 2.31 bits per heavy atom. The highest BCUT2D eigenvalue weighted by Gasteiger charge is 2.17. The molecule has 0 aromatic heterocycles. The first-order valence-corrected chi connectivity index (χ1v) is 5.01. The molecule has 0 aliphatic heterocycles. The quantitative estimate of drug-likeness (QED) is 0.716. The second-order valence-electron chi connectivity index (χ2n) is 3.83. The van der Waals surface area contributed by atoms with Gasteiger partial charge in [0, 0.05) is 19.6 Å². The molecule has 0 aliphatic rings. The Morgan fingerprint density at radius 1 is 1.38 bits per heavy atom. The van der Waals surface area contributed by atoms with Crippen molar-refractivity contribution in [1.82, 2.24) is 10.2 Å². The van der Waals surface area contributed by atoms with Crippen molar-refractivity contribution in [3.05, 3.63) is 0 Å². The van der Waals surface area contributed by atoms with E-state index in [0.717, 1.165) is 13.0 Å². The van der Waals surface area contributed by atoms with Crippen LogP contribution in [-0.2, 0) is 0 Å². The summed E-state index contributed by atoms with van der Waals surface area (Å²) in [6.07, 6.45) is 0.982. The molecule has 1 atom stereocenters. The minimum Gasteiger partial charge on any atom is -0.338 e. The molecule has 13 heavy (non-hydrogen) atoms. The average Bonchev–Trinajstić information content (AvgIpc) is 2.11. The van der Waals surface area contributed by atoms with Crippen molar-refractivity contribution in [1.29, 1.82) is 0 Å². The van der Waals surface area contributed by atoms with Crippen LogP contribution in [0, 0.1) is 5.92 Å². The summed E-state index contributed by atoms with van der Waals surface area (Å²) in [5, 5.41) is 2.85. The maximum Gasteiger partial charge on any atom is 0.317 e. The fourth-order valence-electron chi connectivity index (χ4n) is 0.989. The van der Waals surface area contributed by atoms with Crippen LogP contribution < -0.4 is 5.32 Å². The summed E-state index contributed by atoms with van der Waals surface area (Å²) in [4.78, 5) is 13.2. The molecule has 0 aromatic rings. The van der Waals surface area contributed by atoms with E-state index in [9.17, 15) is 4.79 Å². The van der Waals surface area contributed by atoms with E-state index in [0.29, 0.717) is 5.92 Å². The third-order valence-corrected chi connectivity index (χ3v) is 2.42. The van der Waals surface area contributed by atoms with Crippen LogP contribution in [0.3, 0.4) is 0 Å². The van der Waals surface area contributed by atoms with Gasteiger partial charge in [-0.15, -0.1) is 0 Å². The highest BCUT2D eigenvalue weighted by atomic mass is 16.2. The maximum atomic E-state index is 11.5. The Labute approximate surface area is 81.5 Å². The van der Waals surface area contributed by atoms with E-state index in [1.165, 1.54) is 0 Å². The number of nitrogens with one attached hydrogen (secondary N) is 1. The first kappa shape index (κ1) is 12.3. The molecule has 0 rings (SSSR count). The van der Waals surface area contributed by atoms with E-state index in [2.05, 4.69) is 26.1 Å². The number of carbonyl (C=O) groups excluding carboxylic acids is 1. The van der Waals surface area contributed by atoms with Crippen LogP contribution in [0.4, 0.5) is 4.79 Å². The number of hydrogen-bond donors (Lipinski definition) is 1. The SMILES string of the molecule is CCCNC(=O)N(C)C(C)C(C)C. The van der Waals surface area contributed by atoms with Crippen molar-refractivity contribution in [2.45, 2.75) is 40.2 Å². The van der Waals surface area contributed by atoms with Gasteiger partial charge in [0.1, 0.15) is 0 Å². The number of amides is 2. The molecule has 0 radical (unpaired) electrons. The highest BCUT2D eigenvalue weighted by Crippen LogP contribution is 2.07. The predicted molar refractivity (Wildman–Crippen MR) is 55.8 cm³/mol. The molecule has 3 nitrogen and oxygen atoms in total. The number of rotatable bonds is 4. The molecular weight excluding hydrogens is 164 g/mol. The van der Waals surface area contributed by atoms with Gasteiger partial charge in [0.2, 0.25) is 0 Å². The maximum absolute atomic E-state index is 11.5. The molecule has 1 N–H and O–H groups in total. The molecule has 3 heteroatoms. The molecule has 1 unspecified atom stereocenters. The standard InChI is InChI=1S/C10H22N2O/c1-6-7-11-10(13)12(5)9(4)8(2)3/h8-9H,6-7H2,1-5H3,(H,11,13). The molecule has 2 amide bonds. The van der Waals surface area contributed by atoms with Gasteiger partial charge in [-0.1, -0.05) is 20.8 Å². The summed E-state index contributed by atoms with van der Waals surface area (Å²) >= 11 is 0. The normalized spacial score (nSPS) is 12.8. The Hall–Kier alpha value is -0.730. The van der Waals surface area contributed by atoms with E-state index < -0.39 is 0 Å². The number of nitrogens with zero attached hydrogens (tertiary/aromatic N) is 1. The van der Waals surface area contributed by atoms with Crippen LogP contribution >= 0.6 is 0 Å². The van der Waals surface area contributed by atoms with Gasteiger partial charge in [-0.3, -0.25) is 0 Å². The van der Waals surface area contributed by atoms with E-state index >= 15 is 0 Å². The van der Waals surface area contributed by atoms with E-state index in [-0.39, 0.29) is 12.1 Å². The Balaban J connectivity index is 3.94. The zero-order valence-electron chi connectivity index (χ0n) is 9.42. The molecule has 0 fully saturated rings. The molecular formula is C10H22N2O. The molecule has 0 aromatic carbocycles. The Bertz CT molecular complexity index is 157. The van der Waals surface area contributed by atoms with Crippen LogP contribution in [0.5, 0.6) is 0 Å². The van der Waals surface area contributed by atoms with Crippen LogP contribution in [-0.4, -0.2) is 30.6 Å². The van der Waals surface area contributed by atoms with Gasteiger partial charge in [-0.25, -0.2) is 4.79 Å². The van der Waals surface area contributed by atoms with Gasteiger partial charge in [0.05, 0.1) is 0 Å². The van der Waals surface area contributed by atoms with Crippen molar-refractivity contribution in [2.75, 3.05) is 13.6 Å². The summed E-state index contributed by atoms with van der Waals surface area (Å²) < 4.78 is 0. The smallest absolute Gasteiger partial charge is 0.317 e. The minimum atomic E-state index is 0.0306. The first-order chi connectivity index (χ1) is 6.00. The van der Waals surface area contributed by atoms with Gasteiger partial charge in [-0.05, 0) is 19.3 Å². The lowest BCUT2D eigenvalue weighted by Crippen LogP contribution is -2.44. The second-order valence-corrected chi connectivity index (χ2v) is 3.83. The van der Waals surface area contributed by atoms with Crippen molar-refractivity contribution in [3.8, 4) is 0 Å². The minimum absolute atomic E-state index is 0.0306. The fraction of sp³-hybridized carbons (Fsp3) is 0.900. The molecule has 0 bridgehead atoms. The summed E-state index contributed by atoms with van der Waals surface area (Å²) in [5.41, 5.74) is 0. The van der Waals surface area contributed by atoms with Gasteiger partial charge in [0.15, 0.2) is 0 Å². The van der Waals surface area contributed by atoms with Crippen LogP contribution in [0.15, 0.2) is 0 Å². The van der Waals surface area contributed by atoms with Gasteiger partial charge in [0.25, 0.3) is 0 Å². The molecule has 0 saturated carbocycles. The summed E-state index contributed by atoms with van der Waals surface area (Å²) in [5.74, 6) is 0.498. The molecule has 0 spiro atoms. The van der Waals surface area contributed by atoms with Crippen molar-refractivity contribution < 1.29 is 4.79 Å². The topological polar surface area (TPSA) is 32.3 Å². The number of urea groups is 1. The second kappa shape index (κ2) is 5.84. The molecule has 0 saturated heterocycles. The number of hydrogen-bond acceptors (Lipinski definition) is 1. The lowest BCUT2D eigenvalue weighted by molar-refractivity contribution is 0.180. The van der Waals surface area contributed by atoms with Crippen LogP contribution in [0.1, 0.15) is 34.1 Å². The van der Waals surface area contributed by atoms with Crippen molar-refractivity contribution in [2.24, 2.45) is 5.92 Å². The summed E-state index contributed by atoms with van der Waals surface area (Å²) in [6.45, 7) is 9.11. The van der Waals surface area contributed by atoms with E-state index in [1.54, 1.807) is 4.90 Å². The molecule has 78 valence electrons. The van der Waals surface area contributed by atoms with E-state index in [1.807, 2.05) is 14.0 Å². The highest BCUT2D eigenvalue weighted by molar-refractivity contribution is 5.74. The van der Waals surface area contributed by atoms with E-state index in [4.69, 9.17) is 0 Å². The third kappa shape index (κ3) is 4.15. The van der Waals surface area contributed by atoms with Gasteiger partial charge in [-0.2, -0.15) is 0 Å². The zero-order valence-corrected chi connectivity index (χ0v) is 9.42. The van der Waals surface area contributed by atoms with Gasteiger partial charge < -0.3 is 10.2 Å². The average molecular weight is 186 g/mol. The van der Waals surface area contributed by atoms with Crippen molar-refractivity contribution >= 4 is 6.03 Å². The third-order valence-electron chi connectivity index (χ3n) is 2.42. The lowest BCUT2D eigenvalue weighted by atomic mass is 10.1. The first-order valence-electron chi connectivity index (χ1n) is 5.01. The lowest BCUT2D eigenvalue weighted by Gasteiger charge is -2.28. The Kier molecular flexibility index (Phi) is 5.51. The Morgan fingerprint density at radius 2 is 1.92 bits per heavy atom. The summed E-state index contributed by atoms with van der Waals surface area (Å²) in [7, 11) is 1.84. The zero-order chi connectivity index (χ0) is 10.4.